The van der Waals surface area contributed by atoms with Gasteiger partial charge < -0.3 is 4.98 Å². The molecule has 17 heavy (non-hydrogen) atoms. The van der Waals surface area contributed by atoms with Gasteiger partial charge in [-0.3, -0.25) is 9.59 Å². The summed E-state index contributed by atoms with van der Waals surface area (Å²) in [7, 11) is 0. The Morgan fingerprint density at radius 2 is 1.88 bits per heavy atom. The second kappa shape index (κ2) is 4.25. The second-order valence-corrected chi connectivity index (χ2v) is 4.86. The third-order valence-corrected chi connectivity index (χ3v) is 3.70. The molecule has 88 valence electrons. The number of aryl methyl sites for hydroxylation is 2. The molecule has 4 nitrogen and oxygen atoms in total. The number of nitrogens with zero attached hydrogens (tertiary/aromatic N) is 1. The van der Waals surface area contributed by atoms with Crippen LogP contribution < -0.4 is 0 Å². The number of rotatable bonds is 3. The van der Waals surface area contributed by atoms with Gasteiger partial charge in [0.25, 0.3) is 0 Å². The van der Waals surface area contributed by atoms with Crippen LogP contribution in [-0.4, -0.2) is 21.9 Å². The number of nitrogens with one attached hydrogen (secondary N) is 1. The van der Waals surface area contributed by atoms with E-state index in [1.807, 2.05) is 13.8 Å². The van der Waals surface area contributed by atoms with E-state index in [-0.39, 0.29) is 0 Å². The van der Waals surface area contributed by atoms with E-state index in [0.29, 0.717) is 22.5 Å². The van der Waals surface area contributed by atoms with Crippen LogP contribution in [0, 0.1) is 20.8 Å². The molecule has 0 unspecified atom stereocenters. The summed E-state index contributed by atoms with van der Waals surface area (Å²) in [5.74, 6) is 0. The first-order valence-electron chi connectivity index (χ1n) is 5.16. The SMILES string of the molecule is Cc1nsc(C)c1-c1[nH]c(C=O)c(C)c1C=O. The quantitative estimate of drug-likeness (QED) is 0.849. The van der Waals surface area contributed by atoms with Gasteiger partial charge in [0.2, 0.25) is 0 Å². The molecule has 1 N–H and O–H groups in total. The summed E-state index contributed by atoms with van der Waals surface area (Å²) in [5, 5.41) is 0. The maximum Gasteiger partial charge on any atom is 0.166 e. The molecule has 0 atom stereocenters. The highest BCUT2D eigenvalue weighted by Crippen LogP contribution is 2.32. The van der Waals surface area contributed by atoms with Gasteiger partial charge in [-0.25, -0.2) is 0 Å². The minimum absolute atomic E-state index is 0.451. The number of carbonyl (C=O) groups is 2. The molecule has 0 spiro atoms. The summed E-state index contributed by atoms with van der Waals surface area (Å²) >= 11 is 1.39. The molecule has 0 saturated carbocycles. The molecule has 0 fully saturated rings. The molecule has 2 heterocycles. The van der Waals surface area contributed by atoms with Crippen LogP contribution in [0.1, 0.15) is 37.0 Å². The van der Waals surface area contributed by atoms with Crippen molar-refractivity contribution in [2.45, 2.75) is 20.8 Å². The molecule has 0 aliphatic heterocycles. The van der Waals surface area contributed by atoms with Gasteiger partial charge in [0.15, 0.2) is 12.6 Å². The molecule has 0 aliphatic carbocycles. The van der Waals surface area contributed by atoms with Crippen LogP contribution in [0.3, 0.4) is 0 Å². The van der Waals surface area contributed by atoms with E-state index in [0.717, 1.165) is 28.7 Å². The number of hydrogen-bond acceptors (Lipinski definition) is 4. The zero-order chi connectivity index (χ0) is 12.6. The minimum Gasteiger partial charge on any atom is -0.351 e. The Bertz CT molecular complexity index is 576. The number of aromatic nitrogens is 2. The van der Waals surface area contributed by atoms with Crippen molar-refractivity contribution in [3.63, 3.8) is 0 Å². The van der Waals surface area contributed by atoms with E-state index in [1.54, 1.807) is 6.92 Å². The summed E-state index contributed by atoms with van der Waals surface area (Å²) in [5.41, 5.74) is 4.17. The topological polar surface area (TPSA) is 62.8 Å². The van der Waals surface area contributed by atoms with Crippen molar-refractivity contribution in [2.75, 3.05) is 0 Å². The molecule has 0 aliphatic rings. The van der Waals surface area contributed by atoms with Crippen molar-refractivity contribution in [1.82, 2.24) is 9.36 Å². The molecule has 0 saturated heterocycles. The summed E-state index contributed by atoms with van der Waals surface area (Å²) in [6.45, 7) is 5.60. The summed E-state index contributed by atoms with van der Waals surface area (Å²) < 4.78 is 4.25. The zero-order valence-electron chi connectivity index (χ0n) is 9.83. The molecule has 0 bridgehead atoms. The first-order chi connectivity index (χ1) is 8.10. The van der Waals surface area contributed by atoms with Gasteiger partial charge in [-0.05, 0) is 37.9 Å². The van der Waals surface area contributed by atoms with Crippen LogP contribution >= 0.6 is 11.5 Å². The van der Waals surface area contributed by atoms with Gasteiger partial charge in [0.05, 0.1) is 17.1 Å². The van der Waals surface area contributed by atoms with E-state index in [2.05, 4.69) is 9.36 Å². The molecule has 0 amide bonds. The lowest BCUT2D eigenvalue weighted by Gasteiger charge is -1.99. The van der Waals surface area contributed by atoms with Gasteiger partial charge >= 0.3 is 0 Å². The summed E-state index contributed by atoms with van der Waals surface area (Å²) in [4.78, 5) is 26.1. The van der Waals surface area contributed by atoms with Crippen LogP contribution in [-0.2, 0) is 0 Å². The summed E-state index contributed by atoms with van der Waals surface area (Å²) in [6.07, 6.45) is 1.51. The van der Waals surface area contributed by atoms with Crippen LogP contribution in [0.2, 0.25) is 0 Å². The predicted octanol–water partition coefficient (Wildman–Crippen LogP) is 2.69. The molecule has 2 rings (SSSR count). The fraction of sp³-hybridized carbons (Fsp3) is 0.250. The fourth-order valence-electron chi connectivity index (χ4n) is 1.93. The van der Waals surface area contributed by atoms with Gasteiger partial charge in [0, 0.05) is 16.0 Å². The number of carbonyl (C=O) groups excluding carboxylic acids is 2. The molecule has 0 aromatic carbocycles. The normalized spacial score (nSPS) is 10.5. The largest absolute Gasteiger partial charge is 0.351 e. The van der Waals surface area contributed by atoms with E-state index in [9.17, 15) is 9.59 Å². The van der Waals surface area contributed by atoms with E-state index >= 15 is 0 Å². The highest BCUT2D eigenvalue weighted by atomic mass is 32.1. The highest BCUT2D eigenvalue weighted by Gasteiger charge is 2.19. The van der Waals surface area contributed by atoms with E-state index < -0.39 is 0 Å². The van der Waals surface area contributed by atoms with Gasteiger partial charge in [0.1, 0.15) is 0 Å². The average Bonchev–Trinajstić information content (AvgIpc) is 2.79. The highest BCUT2D eigenvalue weighted by molar-refractivity contribution is 7.06. The monoisotopic (exact) mass is 248 g/mol. The minimum atomic E-state index is 0.451. The Balaban J connectivity index is 2.75. The average molecular weight is 248 g/mol. The third kappa shape index (κ3) is 1.72. The van der Waals surface area contributed by atoms with Crippen LogP contribution in [0.25, 0.3) is 11.3 Å². The van der Waals surface area contributed by atoms with Crippen molar-refractivity contribution in [3.05, 3.63) is 27.4 Å². The van der Waals surface area contributed by atoms with Crippen molar-refractivity contribution >= 4 is 24.1 Å². The van der Waals surface area contributed by atoms with E-state index in [1.165, 1.54) is 11.5 Å². The Hall–Kier alpha value is -1.75. The van der Waals surface area contributed by atoms with Crippen LogP contribution in [0.4, 0.5) is 0 Å². The third-order valence-electron chi connectivity index (χ3n) is 2.86. The van der Waals surface area contributed by atoms with Crippen molar-refractivity contribution in [1.29, 1.82) is 0 Å². The number of hydrogen-bond donors (Lipinski definition) is 1. The Morgan fingerprint density at radius 3 is 2.35 bits per heavy atom. The van der Waals surface area contributed by atoms with Crippen molar-refractivity contribution < 1.29 is 9.59 Å². The molecule has 2 aromatic rings. The molecular formula is C12H12N2O2S. The maximum absolute atomic E-state index is 11.1. The number of aldehydes is 2. The molecular weight excluding hydrogens is 236 g/mol. The first-order valence-corrected chi connectivity index (χ1v) is 5.93. The standard InChI is InChI=1S/C12H12N2O2S/c1-6-9(4-15)12(13-10(6)5-16)11-7(2)14-17-8(11)3/h4-5,13H,1-3H3. The van der Waals surface area contributed by atoms with Gasteiger partial charge in [-0.1, -0.05) is 0 Å². The maximum atomic E-state index is 11.1. The van der Waals surface area contributed by atoms with Gasteiger partial charge in [-0.2, -0.15) is 4.37 Å². The van der Waals surface area contributed by atoms with Gasteiger partial charge in [-0.15, -0.1) is 0 Å². The Morgan fingerprint density at radius 1 is 1.18 bits per heavy atom. The number of aromatic amines is 1. The lowest BCUT2D eigenvalue weighted by molar-refractivity contribution is 0.111. The Labute approximate surface area is 103 Å². The van der Waals surface area contributed by atoms with Crippen molar-refractivity contribution in [2.24, 2.45) is 0 Å². The number of H-pyrrole nitrogens is 1. The smallest absolute Gasteiger partial charge is 0.166 e. The summed E-state index contributed by atoms with van der Waals surface area (Å²) in [6, 6.07) is 0. The second-order valence-electron chi connectivity index (χ2n) is 3.89. The molecule has 2 aromatic heterocycles. The van der Waals surface area contributed by atoms with Crippen molar-refractivity contribution in [3.8, 4) is 11.3 Å². The first kappa shape index (κ1) is 11.7. The zero-order valence-corrected chi connectivity index (χ0v) is 10.6. The van der Waals surface area contributed by atoms with Crippen LogP contribution in [0.15, 0.2) is 0 Å². The predicted molar refractivity (Wildman–Crippen MR) is 66.9 cm³/mol. The lowest BCUT2D eigenvalue weighted by Crippen LogP contribution is -1.88. The Kier molecular flexibility index (Phi) is 2.93. The lowest BCUT2D eigenvalue weighted by atomic mass is 10.1. The fourth-order valence-corrected chi connectivity index (χ4v) is 2.64. The van der Waals surface area contributed by atoms with E-state index in [4.69, 9.17) is 0 Å². The molecule has 5 heteroatoms. The molecule has 0 radical (unpaired) electrons. The van der Waals surface area contributed by atoms with Crippen LogP contribution in [0.5, 0.6) is 0 Å².